The predicted molar refractivity (Wildman–Crippen MR) is 81.7 cm³/mol. The molecule has 6 heteroatoms. The van der Waals surface area contributed by atoms with Crippen LogP contribution in [0.1, 0.15) is 10.4 Å². The number of halogens is 1. The Morgan fingerprint density at radius 1 is 1.23 bits per heavy atom. The maximum Gasteiger partial charge on any atom is 0.260 e. The molecular formula is C16H22FN3O2. The van der Waals surface area contributed by atoms with Gasteiger partial charge in [0.25, 0.3) is 5.91 Å². The Morgan fingerprint density at radius 2 is 2.00 bits per heavy atom. The first-order valence-corrected chi connectivity index (χ1v) is 7.64. The van der Waals surface area contributed by atoms with Gasteiger partial charge in [-0.05, 0) is 19.2 Å². The average Bonchev–Trinajstić information content (AvgIpc) is 2.53. The molecule has 0 aliphatic carbocycles. The molecule has 0 aromatic heterocycles. The van der Waals surface area contributed by atoms with E-state index in [-0.39, 0.29) is 11.5 Å². The SMILES string of the molecule is COc1cccc(F)c1C(=O)N1CCN2CCN(C)C[C@@H]2C1. The van der Waals surface area contributed by atoms with Gasteiger partial charge in [-0.15, -0.1) is 0 Å². The highest BCUT2D eigenvalue weighted by atomic mass is 19.1. The lowest BCUT2D eigenvalue weighted by Gasteiger charge is -2.46. The van der Waals surface area contributed by atoms with Crippen LogP contribution in [-0.4, -0.2) is 80.1 Å². The number of carbonyl (C=O) groups excluding carboxylic acids is 1. The van der Waals surface area contributed by atoms with Gasteiger partial charge in [-0.25, -0.2) is 4.39 Å². The van der Waals surface area contributed by atoms with Crippen molar-refractivity contribution in [2.75, 3.05) is 53.4 Å². The minimum atomic E-state index is -0.521. The zero-order valence-corrected chi connectivity index (χ0v) is 13.1. The molecule has 0 bridgehead atoms. The summed E-state index contributed by atoms with van der Waals surface area (Å²) in [6, 6.07) is 4.81. The van der Waals surface area contributed by atoms with E-state index in [1.165, 1.54) is 13.2 Å². The number of hydrogen-bond acceptors (Lipinski definition) is 4. The molecule has 22 heavy (non-hydrogen) atoms. The second-order valence-corrected chi connectivity index (χ2v) is 6.02. The third-order valence-corrected chi connectivity index (χ3v) is 4.59. The van der Waals surface area contributed by atoms with Gasteiger partial charge in [-0.2, -0.15) is 0 Å². The van der Waals surface area contributed by atoms with E-state index < -0.39 is 5.82 Å². The van der Waals surface area contributed by atoms with E-state index in [0.29, 0.717) is 24.9 Å². The van der Waals surface area contributed by atoms with Crippen molar-refractivity contribution in [1.82, 2.24) is 14.7 Å². The van der Waals surface area contributed by atoms with Gasteiger partial charge in [0.15, 0.2) is 0 Å². The molecule has 0 N–H and O–H groups in total. The van der Waals surface area contributed by atoms with Crippen molar-refractivity contribution in [3.05, 3.63) is 29.6 Å². The quantitative estimate of drug-likeness (QED) is 0.814. The van der Waals surface area contributed by atoms with Crippen LogP contribution >= 0.6 is 0 Å². The summed E-state index contributed by atoms with van der Waals surface area (Å²) in [5.74, 6) is -0.497. The standard InChI is InChI=1S/C16H22FN3O2/c1-18-6-7-19-8-9-20(11-12(19)10-18)16(21)15-13(17)4-3-5-14(15)22-2/h3-5,12H,6-11H2,1-2H3/t12-/m1/s1. The van der Waals surface area contributed by atoms with Gasteiger partial charge in [-0.3, -0.25) is 9.69 Å². The van der Waals surface area contributed by atoms with Gasteiger partial charge >= 0.3 is 0 Å². The first-order chi connectivity index (χ1) is 10.6. The molecule has 0 spiro atoms. The van der Waals surface area contributed by atoms with Gasteiger partial charge in [-0.1, -0.05) is 6.07 Å². The second kappa shape index (κ2) is 6.22. The van der Waals surface area contributed by atoms with Crippen LogP contribution in [0, 0.1) is 5.82 Å². The number of ether oxygens (including phenoxy) is 1. The summed E-state index contributed by atoms with van der Waals surface area (Å²) in [6.07, 6.45) is 0. The summed E-state index contributed by atoms with van der Waals surface area (Å²) in [6.45, 7) is 5.16. The lowest BCUT2D eigenvalue weighted by atomic mass is 10.1. The molecule has 2 aliphatic rings. The summed E-state index contributed by atoms with van der Waals surface area (Å²) in [5.41, 5.74) is 0.0441. The Labute approximate surface area is 130 Å². The number of methoxy groups -OCH3 is 1. The van der Waals surface area contributed by atoms with Crippen LogP contribution in [0.15, 0.2) is 18.2 Å². The number of nitrogens with zero attached hydrogens (tertiary/aromatic N) is 3. The van der Waals surface area contributed by atoms with Crippen molar-refractivity contribution in [3.8, 4) is 5.75 Å². The zero-order valence-electron chi connectivity index (χ0n) is 13.1. The van der Waals surface area contributed by atoms with Crippen LogP contribution in [0.2, 0.25) is 0 Å². The number of fused-ring (bicyclic) bond motifs is 1. The van der Waals surface area contributed by atoms with Gasteiger partial charge < -0.3 is 14.5 Å². The smallest absolute Gasteiger partial charge is 0.260 e. The van der Waals surface area contributed by atoms with E-state index in [0.717, 1.165) is 26.2 Å². The zero-order chi connectivity index (χ0) is 15.7. The van der Waals surface area contributed by atoms with Crippen LogP contribution in [0.4, 0.5) is 4.39 Å². The molecule has 1 aromatic carbocycles. The van der Waals surface area contributed by atoms with E-state index >= 15 is 0 Å². The predicted octanol–water partition coefficient (Wildman–Crippen LogP) is 0.906. The molecule has 2 saturated heterocycles. The van der Waals surface area contributed by atoms with Crippen molar-refractivity contribution < 1.29 is 13.9 Å². The highest BCUT2D eigenvalue weighted by Crippen LogP contribution is 2.24. The fourth-order valence-corrected chi connectivity index (χ4v) is 3.34. The van der Waals surface area contributed by atoms with Crippen molar-refractivity contribution in [2.24, 2.45) is 0 Å². The van der Waals surface area contributed by atoms with Crippen molar-refractivity contribution >= 4 is 5.91 Å². The molecule has 1 amide bonds. The Hall–Kier alpha value is -1.66. The van der Waals surface area contributed by atoms with Crippen LogP contribution in [0.25, 0.3) is 0 Å². The third-order valence-electron chi connectivity index (χ3n) is 4.59. The molecule has 5 nitrogen and oxygen atoms in total. The van der Waals surface area contributed by atoms with Gasteiger partial charge in [0.05, 0.1) is 7.11 Å². The van der Waals surface area contributed by atoms with E-state index in [9.17, 15) is 9.18 Å². The van der Waals surface area contributed by atoms with Crippen LogP contribution < -0.4 is 4.74 Å². The molecule has 1 aromatic rings. The summed E-state index contributed by atoms with van der Waals surface area (Å²) in [4.78, 5) is 19.2. The Balaban J connectivity index is 1.79. The fraction of sp³-hybridized carbons (Fsp3) is 0.562. The maximum atomic E-state index is 14.1. The minimum Gasteiger partial charge on any atom is -0.496 e. The van der Waals surface area contributed by atoms with Crippen LogP contribution in [0.3, 0.4) is 0 Å². The molecule has 2 heterocycles. The number of piperazine rings is 2. The van der Waals surface area contributed by atoms with E-state index in [1.54, 1.807) is 17.0 Å². The summed E-state index contributed by atoms with van der Waals surface area (Å²) < 4.78 is 19.2. The molecule has 120 valence electrons. The Kier molecular flexibility index (Phi) is 4.31. The molecule has 2 aliphatic heterocycles. The molecule has 3 rings (SSSR count). The number of rotatable bonds is 2. The largest absolute Gasteiger partial charge is 0.496 e. The number of amides is 1. The van der Waals surface area contributed by atoms with Crippen molar-refractivity contribution in [1.29, 1.82) is 0 Å². The molecule has 0 unspecified atom stereocenters. The molecule has 1 atom stereocenters. The number of likely N-dealkylation sites (N-methyl/N-ethyl adjacent to an activating group) is 1. The third kappa shape index (κ3) is 2.80. The average molecular weight is 307 g/mol. The summed E-state index contributed by atoms with van der Waals surface area (Å²) in [5, 5.41) is 0. The highest BCUT2D eigenvalue weighted by Gasteiger charge is 2.34. The first kappa shape index (κ1) is 15.2. The number of hydrogen-bond donors (Lipinski definition) is 0. The number of carbonyl (C=O) groups is 1. The topological polar surface area (TPSA) is 36.0 Å². The molecule has 0 radical (unpaired) electrons. The van der Waals surface area contributed by atoms with Crippen molar-refractivity contribution in [3.63, 3.8) is 0 Å². The monoisotopic (exact) mass is 307 g/mol. The maximum absolute atomic E-state index is 14.1. The lowest BCUT2D eigenvalue weighted by Crippen LogP contribution is -2.62. The Morgan fingerprint density at radius 3 is 2.77 bits per heavy atom. The number of benzene rings is 1. The second-order valence-electron chi connectivity index (χ2n) is 6.02. The van der Waals surface area contributed by atoms with Crippen LogP contribution in [-0.2, 0) is 0 Å². The highest BCUT2D eigenvalue weighted by molar-refractivity contribution is 5.97. The van der Waals surface area contributed by atoms with E-state index in [2.05, 4.69) is 16.8 Å². The van der Waals surface area contributed by atoms with Crippen molar-refractivity contribution in [2.45, 2.75) is 6.04 Å². The van der Waals surface area contributed by atoms with Gasteiger partial charge in [0.1, 0.15) is 17.1 Å². The summed E-state index contributed by atoms with van der Waals surface area (Å²) >= 11 is 0. The normalized spacial score (nSPS) is 23.2. The Bertz CT molecular complexity index is 566. The fourth-order valence-electron chi connectivity index (χ4n) is 3.34. The molecular weight excluding hydrogens is 285 g/mol. The van der Waals surface area contributed by atoms with Crippen LogP contribution in [0.5, 0.6) is 5.75 Å². The first-order valence-electron chi connectivity index (χ1n) is 7.64. The van der Waals surface area contributed by atoms with E-state index in [4.69, 9.17) is 4.74 Å². The van der Waals surface area contributed by atoms with Gasteiger partial charge in [0.2, 0.25) is 0 Å². The molecule has 0 saturated carbocycles. The van der Waals surface area contributed by atoms with Gasteiger partial charge in [0, 0.05) is 45.3 Å². The summed E-state index contributed by atoms with van der Waals surface area (Å²) in [7, 11) is 3.55. The molecule has 2 fully saturated rings. The minimum absolute atomic E-state index is 0.0441. The lowest BCUT2D eigenvalue weighted by molar-refractivity contribution is 0.0186. The van der Waals surface area contributed by atoms with E-state index in [1.807, 2.05) is 0 Å².